The number of amides is 1. The lowest BCUT2D eigenvalue weighted by Crippen LogP contribution is -2.21. The van der Waals surface area contributed by atoms with Crippen LogP contribution in [0, 0.1) is 0 Å². The number of hydrogen-bond donors (Lipinski definition) is 1. The SMILES string of the molecule is CC(C)(C)c1ccc(NC(=O)COC(=O)CCSc2ccccc2)cc1. The van der Waals surface area contributed by atoms with E-state index in [4.69, 9.17) is 4.74 Å². The Hall–Kier alpha value is -2.27. The lowest BCUT2D eigenvalue weighted by Gasteiger charge is -2.19. The van der Waals surface area contributed by atoms with E-state index in [1.807, 2.05) is 54.6 Å². The molecule has 4 nitrogen and oxygen atoms in total. The van der Waals surface area contributed by atoms with Crippen molar-refractivity contribution in [2.75, 3.05) is 17.7 Å². The molecule has 0 atom stereocenters. The lowest BCUT2D eigenvalue weighted by molar-refractivity contribution is -0.146. The highest BCUT2D eigenvalue weighted by Crippen LogP contribution is 2.23. The van der Waals surface area contributed by atoms with Gasteiger partial charge < -0.3 is 10.1 Å². The molecule has 2 aromatic rings. The average molecular weight is 372 g/mol. The standard InChI is InChI=1S/C21H25NO3S/c1-21(2,3)16-9-11-17(12-10-16)22-19(23)15-25-20(24)13-14-26-18-7-5-4-6-8-18/h4-12H,13-15H2,1-3H3,(H,22,23). The molecule has 1 N–H and O–H groups in total. The first-order valence-corrected chi connectivity index (χ1v) is 9.57. The zero-order chi connectivity index (χ0) is 19.0. The Morgan fingerprint density at radius 1 is 1.00 bits per heavy atom. The number of benzene rings is 2. The van der Waals surface area contributed by atoms with E-state index in [0.29, 0.717) is 11.4 Å². The third kappa shape index (κ3) is 6.92. The van der Waals surface area contributed by atoms with Crippen molar-refractivity contribution in [1.29, 1.82) is 0 Å². The molecule has 0 unspecified atom stereocenters. The van der Waals surface area contributed by atoms with E-state index in [9.17, 15) is 9.59 Å². The van der Waals surface area contributed by atoms with Gasteiger partial charge >= 0.3 is 5.97 Å². The van der Waals surface area contributed by atoms with Crippen molar-refractivity contribution in [1.82, 2.24) is 0 Å². The van der Waals surface area contributed by atoms with Crippen LogP contribution in [0.3, 0.4) is 0 Å². The number of rotatable bonds is 7. The maximum Gasteiger partial charge on any atom is 0.307 e. The van der Waals surface area contributed by atoms with E-state index in [1.54, 1.807) is 11.8 Å². The van der Waals surface area contributed by atoms with Crippen LogP contribution in [0.5, 0.6) is 0 Å². The Balaban J connectivity index is 1.68. The number of anilines is 1. The van der Waals surface area contributed by atoms with Gasteiger partial charge in [-0.3, -0.25) is 9.59 Å². The summed E-state index contributed by atoms with van der Waals surface area (Å²) in [6.07, 6.45) is 0.271. The van der Waals surface area contributed by atoms with E-state index in [-0.39, 0.29) is 30.3 Å². The van der Waals surface area contributed by atoms with E-state index in [2.05, 4.69) is 26.1 Å². The second-order valence-corrected chi connectivity index (χ2v) is 8.12. The summed E-state index contributed by atoms with van der Waals surface area (Å²) in [4.78, 5) is 24.7. The number of ether oxygens (including phenoxy) is 1. The fraction of sp³-hybridized carbons (Fsp3) is 0.333. The molecule has 0 heterocycles. The molecule has 0 aliphatic carbocycles. The van der Waals surface area contributed by atoms with Crippen molar-refractivity contribution >= 4 is 29.3 Å². The highest BCUT2D eigenvalue weighted by molar-refractivity contribution is 7.99. The summed E-state index contributed by atoms with van der Waals surface area (Å²) in [6.45, 7) is 6.14. The smallest absolute Gasteiger partial charge is 0.307 e. The summed E-state index contributed by atoms with van der Waals surface area (Å²) in [5, 5.41) is 2.74. The summed E-state index contributed by atoms with van der Waals surface area (Å²) in [7, 11) is 0. The molecule has 2 rings (SSSR count). The largest absolute Gasteiger partial charge is 0.456 e. The van der Waals surface area contributed by atoms with Gasteiger partial charge in [-0.05, 0) is 35.2 Å². The van der Waals surface area contributed by atoms with Gasteiger partial charge in [-0.25, -0.2) is 0 Å². The minimum atomic E-state index is -0.369. The molecular formula is C21H25NO3S. The first-order chi connectivity index (χ1) is 12.3. The van der Waals surface area contributed by atoms with Crippen LogP contribution in [0.2, 0.25) is 0 Å². The van der Waals surface area contributed by atoms with Crippen molar-refractivity contribution in [3.63, 3.8) is 0 Å². The molecule has 0 aromatic heterocycles. The van der Waals surface area contributed by atoms with E-state index in [0.717, 1.165) is 4.90 Å². The predicted octanol–water partition coefficient (Wildman–Crippen LogP) is 4.65. The Bertz CT molecular complexity index is 721. The van der Waals surface area contributed by atoms with Crippen LogP contribution in [0.4, 0.5) is 5.69 Å². The molecule has 138 valence electrons. The van der Waals surface area contributed by atoms with E-state index < -0.39 is 0 Å². The quantitative estimate of drug-likeness (QED) is 0.569. The van der Waals surface area contributed by atoms with Crippen LogP contribution in [0.1, 0.15) is 32.8 Å². The molecule has 1 amide bonds. The fourth-order valence-electron chi connectivity index (χ4n) is 2.24. The Morgan fingerprint density at radius 3 is 2.27 bits per heavy atom. The van der Waals surface area contributed by atoms with Crippen LogP contribution in [-0.2, 0) is 19.7 Å². The molecule has 0 aliphatic rings. The predicted molar refractivity (Wildman–Crippen MR) is 107 cm³/mol. The first-order valence-electron chi connectivity index (χ1n) is 8.58. The van der Waals surface area contributed by atoms with Gasteiger partial charge in [-0.2, -0.15) is 0 Å². The second-order valence-electron chi connectivity index (χ2n) is 6.95. The Kier molecular flexibility index (Phi) is 7.27. The van der Waals surface area contributed by atoms with Crippen molar-refractivity contribution in [3.05, 3.63) is 60.2 Å². The highest BCUT2D eigenvalue weighted by Gasteiger charge is 2.13. The lowest BCUT2D eigenvalue weighted by atomic mass is 9.87. The minimum Gasteiger partial charge on any atom is -0.456 e. The van der Waals surface area contributed by atoms with E-state index in [1.165, 1.54) is 5.56 Å². The fourth-order valence-corrected chi connectivity index (χ4v) is 3.09. The third-order valence-electron chi connectivity index (χ3n) is 3.72. The van der Waals surface area contributed by atoms with Gasteiger partial charge in [0.05, 0.1) is 6.42 Å². The minimum absolute atomic E-state index is 0.0653. The molecule has 0 radical (unpaired) electrons. The molecule has 0 bridgehead atoms. The summed E-state index contributed by atoms with van der Waals surface area (Å²) in [6, 6.07) is 17.5. The maximum absolute atomic E-state index is 11.9. The average Bonchev–Trinajstić information content (AvgIpc) is 2.60. The summed E-state index contributed by atoms with van der Waals surface area (Å²) in [5.41, 5.74) is 1.95. The van der Waals surface area contributed by atoms with E-state index >= 15 is 0 Å². The molecular weight excluding hydrogens is 346 g/mol. The van der Waals surface area contributed by atoms with Gasteiger partial charge in [-0.15, -0.1) is 11.8 Å². The van der Waals surface area contributed by atoms with Crippen molar-refractivity contribution in [2.45, 2.75) is 37.5 Å². The number of thioether (sulfide) groups is 1. The summed E-state index contributed by atoms with van der Waals surface area (Å²) in [5.74, 6) is -0.0807. The Morgan fingerprint density at radius 2 is 1.65 bits per heavy atom. The first kappa shape index (κ1) is 20.0. The monoisotopic (exact) mass is 371 g/mol. The molecule has 0 fully saturated rings. The second kappa shape index (κ2) is 9.43. The van der Waals surface area contributed by atoms with Gasteiger partial charge in [-0.1, -0.05) is 51.1 Å². The highest BCUT2D eigenvalue weighted by atomic mass is 32.2. The molecule has 5 heteroatoms. The van der Waals surface area contributed by atoms with Crippen LogP contribution >= 0.6 is 11.8 Å². The zero-order valence-electron chi connectivity index (χ0n) is 15.5. The molecule has 0 aliphatic heterocycles. The van der Waals surface area contributed by atoms with Gasteiger partial charge in [0.15, 0.2) is 6.61 Å². The normalized spacial score (nSPS) is 11.0. The van der Waals surface area contributed by atoms with Gasteiger partial charge in [0.1, 0.15) is 0 Å². The Labute approximate surface area is 159 Å². The summed E-state index contributed by atoms with van der Waals surface area (Å²) < 4.78 is 5.03. The van der Waals surface area contributed by atoms with Crippen LogP contribution < -0.4 is 5.32 Å². The molecule has 26 heavy (non-hydrogen) atoms. The molecule has 2 aromatic carbocycles. The molecule has 0 saturated carbocycles. The van der Waals surface area contributed by atoms with Gasteiger partial charge in [0.2, 0.25) is 0 Å². The van der Waals surface area contributed by atoms with Crippen LogP contribution in [0.15, 0.2) is 59.5 Å². The van der Waals surface area contributed by atoms with Gasteiger partial charge in [0.25, 0.3) is 5.91 Å². The zero-order valence-corrected chi connectivity index (χ0v) is 16.3. The third-order valence-corrected chi connectivity index (χ3v) is 4.73. The topological polar surface area (TPSA) is 55.4 Å². The number of carbonyl (C=O) groups is 2. The molecule has 0 saturated heterocycles. The van der Waals surface area contributed by atoms with Crippen LogP contribution in [-0.4, -0.2) is 24.2 Å². The number of carbonyl (C=O) groups excluding carboxylic acids is 2. The van der Waals surface area contributed by atoms with Gasteiger partial charge in [0, 0.05) is 16.3 Å². The maximum atomic E-state index is 11.9. The van der Waals surface area contributed by atoms with Crippen molar-refractivity contribution in [2.24, 2.45) is 0 Å². The van der Waals surface area contributed by atoms with Crippen molar-refractivity contribution in [3.8, 4) is 0 Å². The number of esters is 1. The molecule has 0 spiro atoms. The van der Waals surface area contributed by atoms with Crippen LogP contribution in [0.25, 0.3) is 0 Å². The summed E-state index contributed by atoms with van der Waals surface area (Å²) >= 11 is 1.59. The van der Waals surface area contributed by atoms with Crippen molar-refractivity contribution < 1.29 is 14.3 Å². The number of nitrogens with one attached hydrogen (secondary N) is 1. The number of hydrogen-bond acceptors (Lipinski definition) is 4.